The number of Topliss-reactive ketones (excluding diaryl/α,β-unsaturated/α-hetero) is 1. The number of hydrogen-bond acceptors (Lipinski definition) is 2. The number of rotatable bonds is 0. The van der Waals surface area contributed by atoms with Gasteiger partial charge in [0.25, 0.3) is 0 Å². The number of ketones is 1. The summed E-state index contributed by atoms with van der Waals surface area (Å²) in [5.74, 6) is 0.477. The minimum atomic E-state index is -1.02. The Morgan fingerprint density at radius 2 is 2.15 bits per heavy atom. The first-order chi connectivity index (χ1) is 6.18. The van der Waals surface area contributed by atoms with Gasteiger partial charge in [-0.2, -0.15) is 0 Å². The highest BCUT2D eigenvalue weighted by Gasteiger charge is 2.22. The Morgan fingerprint density at radius 3 is 2.92 bits per heavy atom. The second-order valence-corrected chi connectivity index (χ2v) is 4.84. The molecule has 0 bridgehead atoms. The standard InChI is InChI=1S/C9H7ClO2S/c10-6-1-2-9-7(5-6)8(11)3-4-13(9)12/h1-2,5H,3-4H2. The van der Waals surface area contributed by atoms with E-state index >= 15 is 0 Å². The summed E-state index contributed by atoms with van der Waals surface area (Å²) in [6, 6.07) is 4.93. The monoisotopic (exact) mass is 214 g/mol. The normalized spacial score (nSPS) is 21.3. The van der Waals surface area contributed by atoms with E-state index in [1.165, 1.54) is 0 Å². The van der Waals surface area contributed by atoms with Crippen molar-refractivity contribution in [1.82, 2.24) is 0 Å². The molecule has 1 aliphatic rings. The molecule has 0 saturated carbocycles. The fourth-order valence-electron chi connectivity index (χ4n) is 1.35. The van der Waals surface area contributed by atoms with E-state index in [1.807, 2.05) is 0 Å². The lowest BCUT2D eigenvalue weighted by molar-refractivity contribution is 0.0984. The summed E-state index contributed by atoms with van der Waals surface area (Å²) in [4.78, 5) is 12.0. The zero-order valence-corrected chi connectivity index (χ0v) is 8.32. The molecule has 1 aliphatic heterocycles. The molecule has 0 radical (unpaired) electrons. The minimum Gasteiger partial charge on any atom is -0.294 e. The summed E-state index contributed by atoms with van der Waals surface area (Å²) < 4.78 is 11.5. The van der Waals surface area contributed by atoms with Crippen molar-refractivity contribution in [3.63, 3.8) is 0 Å². The van der Waals surface area contributed by atoms with Crippen LogP contribution in [0.2, 0.25) is 5.02 Å². The summed E-state index contributed by atoms with van der Waals surface area (Å²) >= 11 is 5.74. The van der Waals surface area contributed by atoms with Crippen LogP contribution in [0.1, 0.15) is 16.8 Å². The van der Waals surface area contributed by atoms with Gasteiger partial charge in [-0.3, -0.25) is 9.00 Å². The Balaban J connectivity index is 2.63. The highest BCUT2D eigenvalue weighted by atomic mass is 35.5. The molecule has 0 saturated heterocycles. The third kappa shape index (κ3) is 1.54. The van der Waals surface area contributed by atoms with Crippen LogP contribution in [-0.2, 0) is 10.8 Å². The molecule has 13 heavy (non-hydrogen) atoms. The lowest BCUT2D eigenvalue weighted by Gasteiger charge is -2.13. The number of benzene rings is 1. The first-order valence-corrected chi connectivity index (χ1v) is 5.59. The Hall–Kier alpha value is -0.670. The first kappa shape index (κ1) is 8.91. The highest BCUT2D eigenvalue weighted by molar-refractivity contribution is 7.85. The van der Waals surface area contributed by atoms with Gasteiger partial charge in [0.05, 0.1) is 10.8 Å². The van der Waals surface area contributed by atoms with E-state index in [0.717, 1.165) is 0 Å². The van der Waals surface area contributed by atoms with Crippen LogP contribution >= 0.6 is 11.6 Å². The predicted octanol–water partition coefficient (Wildman–Crippen LogP) is 2.03. The van der Waals surface area contributed by atoms with E-state index in [2.05, 4.69) is 0 Å². The van der Waals surface area contributed by atoms with Crippen molar-refractivity contribution in [2.45, 2.75) is 11.3 Å². The lowest BCUT2D eigenvalue weighted by atomic mass is 10.1. The molecule has 1 aromatic rings. The van der Waals surface area contributed by atoms with Gasteiger partial charge in [-0.05, 0) is 18.2 Å². The summed E-state index contributed by atoms with van der Waals surface area (Å²) in [7, 11) is -1.02. The van der Waals surface area contributed by atoms with Crippen molar-refractivity contribution in [2.75, 3.05) is 5.75 Å². The first-order valence-electron chi connectivity index (χ1n) is 3.89. The van der Waals surface area contributed by atoms with Crippen molar-refractivity contribution in [3.8, 4) is 0 Å². The maximum absolute atomic E-state index is 11.5. The molecule has 0 amide bonds. The molecule has 1 unspecified atom stereocenters. The number of carbonyl (C=O) groups is 1. The topological polar surface area (TPSA) is 34.1 Å². The van der Waals surface area contributed by atoms with Crippen LogP contribution in [-0.4, -0.2) is 15.7 Å². The largest absolute Gasteiger partial charge is 0.294 e. The second-order valence-electron chi connectivity index (χ2n) is 2.86. The van der Waals surface area contributed by atoms with Crippen LogP contribution in [0.3, 0.4) is 0 Å². The van der Waals surface area contributed by atoms with Crippen molar-refractivity contribution in [2.24, 2.45) is 0 Å². The van der Waals surface area contributed by atoms with Gasteiger partial charge in [0.1, 0.15) is 0 Å². The molecule has 1 heterocycles. The maximum Gasteiger partial charge on any atom is 0.165 e. The van der Waals surface area contributed by atoms with Gasteiger partial charge in [0.15, 0.2) is 5.78 Å². The van der Waals surface area contributed by atoms with Gasteiger partial charge >= 0.3 is 0 Å². The van der Waals surface area contributed by atoms with Crippen molar-refractivity contribution < 1.29 is 9.00 Å². The van der Waals surface area contributed by atoms with Gasteiger partial charge in [0, 0.05) is 27.7 Å². The predicted molar refractivity (Wildman–Crippen MR) is 51.7 cm³/mol. The van der Waals surface area contributed by atoms with E-state index in [1.54, 1.807) is 18.2 Å². The number of carbonyl (C=O) groups excluding carboxylic acids is 1. The highest BCUT2D eigenvalue weighted by Crippen LogP contribution is 2.24. The zero-order valence-electron chi connectivity index (χ0n) is 6.75. The van der Waals surface area contributed by atoms with Gasteiger partial charge < -0.3 is 0 Å². The molecule has 0 spiro atoms. The molecule has 0 aromatic heterocycles. The molecule has 2 rings (SSSR count). The van der Waals surface area contributed by atoms with E-state index < -0.39 is 10.8 Å². The summed E-state index contributed by atoms with van der Waals surface area (Å²) in [6.45, 7) is 0. The number of fused-ring (bicyclic) bond motifs is 1. The number of halogens is 1. The van der Waals surface area contributed by atoms with E-state index in [0.29, 0.717) is 27.7 Å². The Kier molecular flexibility index (Phi) is 2.22. The summed E-state index contributed by atoms with van der Waals surface area (Å²) in [5.41, 5.74) is 0.525. The fourth-order valence-corrected chi connectivity index (χ4v) is 2.75. The van der Waals surface area contributed by atoms with Crippen LogP contribution in [0.4, 0.5) is 0 Å². The van der Waals surface area contributed by atoms with Crippen LogP contribution in [0, 0.1) is 0 Å². The fraction of sp³-hybridized carbons (Fsp3) is 0.222. The smallest absolute Gasteiger partial charge is 0.165 e. The molecule has 68 valence electrons. The van der Waals surface area contributed by atoms with Crippen LogP contribution in [0.5, 0.6) is 0 Å². The molecule has 0 N–H and O–H groups in total. The third-order valence-electron chi connectivity index (χ3n) is 2.00. The number of hydrogen-bond donors (Lipinski definition) is 0. The Morgan fingerprint density at radius 1 is 1.38 bits per heavy atom. The minimum absolute atomic E-state index is 0.0390. The Bertz CT molecular complexity index is 401. The quantitative estimate of drug-likeness (QED) is 0.662. The van der Waals surface area contributed by atoms with E-state index in [9.17, 15) is 9.00 Å². The van der Waals surface area contributed by atoms with Gasteiger partial charge in [0.2, 0.25) is 0 Å². The molecular formula is C9H7ClO2S. The second kappa shape index (κ2) is 3.24. The van der Waals surface area contributed by atoms with Gasteiger partial charge in [-0.25, -0.2) is 0 Å². The molecular weight excluding hydrogens is 208 g/mol. The SMILES string of the molecule is O=C1CCS(=O)c2ccc(Cl)cc21. The van der Waals surface area contributed by atoms with Crippen LogP contribution in [0.25, 0.3) is 0 Å². The Labute approximate surface area is 83.4 Å². The molecule has 1 atom stereocenters. The summed E-state index contributed by atoms with van der Waals surface area (Å²) in [6.07, 6.45) is 0.361. The van der Waals surface area contributed by atoms with Gasteiger partial charge in [-0.15, -0.1) is 0 Å². The lowest BCUT2D eigenvalue weighted by Crippen LogP contribution is -2.16. The van der Waals surface area contributed by atoms with Crippen LogP contribution < -0.4 is 0 Å². The van der Waals surface area contributed by atoms with Gasteiger partial charge in [-0.1, -0.05) is 11.6 Å². The third-order valence-corrected chi connectivity index (χ3v) is 3.66. The van der Waals surface area contributed by atoms with Crippen molar-refractivity contribution >= 4 is 28.2 Å². The van der Waals surface area contributed by atoms with Crippen molar-refractivity contribution in [3.05, 3.63) is 28.8 Å². The van der Waals surface area contributed by atoms with E-state index in [-0.39, 0.29) is 5.78 Å². The summed E-state index contributed by atoms with van der Waals surface area (Å²) in [5, 5.41) is 0.519. The van der Waals surface area contributed by atoms with Crippen LogP contribution in [0.15, 0.2) is 23.1 Å². The average molecular weight is 215 g/mol. The molecule has 2 nitrogen and oxygen atoms in total. The maximum atomic E-state index is 11.5. The molecule has 1 aromatic carbocycles. The average Bonchev–Trinajstić information content (AvgIpc) is 2.12. The molecule has 0 fully saturated rings. The zero-order chi connectivity index (χ0) is 9.42. The molecule has 0 aliphatic carbocycles. The van der Waals surface area contributed by atoms with Crippen molar-refractivity contribution in [1.29, 1.82) is 0 Å². The van der Waals surface area contributed by atoms with E-state index in [4.69, 9.17) is 11.6 Å². The molecule has 4 heteroatoms.